The highest BCUT2D eigenvalue weighted by Gasteiger charge is 2.64. The van der Waals surface area contributed by atoms with E-state index in [2.05, 4.69) is 47.8 Å². The van der Waals surface area contributed by atoms with Crippen LogP contribution in [0.1, 0.15) is 106 Å². The Morgan fingerprint density at radius 2 is 1.39 bits per heavy atom. The number of ether oxygens (including phenoxy) is 4. The molecule has 0 radical (unpaired) electrons. The lowest BCUT2D eigenvalue weighted by molar-refractivity contribution is -0.235. The van der Waals surface area contributed by atoms with Crippen molar-refractivity contribution in [3.05, 3.63) is 24.3 Å². The summed E-state index contributed by atoms with van der Waals surface area (Å²) in [5.74, 6) is 1.29. The second kappa shape index (κ2) is 14.7. The van der Waals surface area contributed by atoms with Gasteiger partial charge in [-0.15, -0.1) is 0 Å². The summed E-state index contributed by atoms with van der Waals surface area (Å²) in [7, 11) is 0. The third-order valence-electron chi connectivity index (χ3n) is 10.1. The molecular weight excluding hydrogens is 516 g/mol. The molecule has 3 fully saturated rings. The van der Waals surface area contributed by atoms with Gasteiger partial charge in [0.05, 0.1) is 38.6 Å². The summed E-state index contributed by atoms with van der Waals surface area (Å²) < 4.78 is 24.1. The van der Waals surface area contributed by atoms with E-state index in [9.17, 15) is 9.59 Å². The standard InChI is InChI=1S/C35H58O6/c1-10-27-15-16-34(8)22-35(9,31(34)30(27)39-19-26(7)21-41-33(37)24(4)5)17-28-13-11-12-14-29(28)38-18-25(6)20-40-32(36)23(2)3/h25-31H,2,4,10-22H2,1,3,5-9H3. The summed E-state index contributed by atoms with van der Waals surface area (Å²) in [6, 6.07) is 0. The molecule has 3 saturated carbocycles. The Morgan fingerprint density at radius 1 is 0.829 bits per heavy atom. The maximum Gasteiger partial charge on any atom is 0.333 e. The molecule has 0 saturated heterocycles. The molecular formula is C35H58O6. The van der Waals surface area contributed by atoms with Crippen molar-refractivity contribution in [3.63, 3.8) is 0 Å². The van der Waals surface area contributed by atoms with Crippen LogP contribution in [-0.4, -0.2) is 50.6 Å². The van der Waals surface area contributed by atoms with Crippen LogP contribution in [0.15, 0.2) is 24.3 Å². The van der Waals surface area contributed by atoms with Crippen molar-refractivity contribution in [3.8, 4) is 0 Å². The third kappa shape index (κ3) is 8.69. The first-order chi connectivity index (χ1) is 19.3. The largest absolute Gasteiger partial charge is 0.462 e. The summed E-state index contributed by atoms with van der Waals surface area (Å²) in [5, 5.41) is 0. The van der Waals surface area contributed by atoms with Gasteiger partial charge in [0.2, 0.25) is 0 Å². The van der Waals surface area contributed by atoms with Crippen molar-refractivity contribution in [1.29, 1.82) is 0 Å². The van der Waals surface area contributed by atoms with Gasteiger partial charge in [0.15, 0.2) is 0 Å². The fourth-order valence-electron chi connectivity index (χ4n) is 8.28. The smallest absolute Gasteiger partial charge is 0.333 e. The molecule has 0 heterocycles. The normalized spacial score (nSPS) is 34.5. The first-order valence-electron chi connectivity index (χ1n) is 16.2. The monoisotopic (exact) mass is 574 g/mol. The average Bonchev–Trinajstić information content (AvgIpc) is 2.91. The maximum atomic E-state index is 11.9. The lowest BCUT2D eigenvalue weighted by atomic mass is 9.39. The van der Waals surface area contributed by atoms with Crippen LogP contribution in [0.2, 0.25) is 0 Å². The quantitative estimate of drug-likeness (QED) is 0.147. The van der Waals surface area contributed by atoms with Gasteiger partial charge in [-0.1, -0.05) is 67.0 Å². The molecule has 3 aliphatic rings. The average molecular weight is 575 g/mol. The van der Waals surface area contributed by atoms with Crippen molar-refractivity contribution >= 4 is 11.9 Å². The Kier molecular flexibility index (Phi) is 12.1. The fourth-order valence-corrected chi connectivity index (χ4v) is 8.28. The Labute approximate surface area is 250 Å². The second-order valence-electron chi connectivity index (χ2n) is 14.6. The molecule has 0 N–H and O–H groups in total. The minimum atomic E-state index is -0.328. The number of rotatable bonds is 15. The van der Waals surface area contributed by atoms with E-state index in [1.807, 2.05) is 0 Å². The van der Waals surface area contributed by atoms with E-state index in [1.165, 1.54) is 44.9 Å². The van der Waals surface area contributed by atoms with Gasteiger partial charge >= 0.3 is 11.9 Å². The SMILES string of the molecule is C=C(C)C(=O)OCC(C)COC1CCCCC1CC1(C)CC2(C)CCC(CC)C(OCC(C)COC(=O)C(=C)C)C21. The van der Waals surface area contributed by atoms with Crippen molar-refractivity contribution in [2.24, 2.45) is 40.4 Å². The van der Waals surface area contributed by atoms with Crippen LogP contribution in [0, 0.1) is 40.4 Å². The lowest BCUT2D eigenvalue weighted by Gasteiger charge is -2.68. The Bertz CT molecular complexity index is 928. The van der Waals surface area contributed by atoms with Gasteiger partial charge in [-0.3, -0.25) is 0 Å². The lowest BCUT2D eigenvalue weighted by Crippen LogP contribution is -2.63. The molecule has 0 aromatic carbocycles. The number of hydrogen-bond donors (Lipinski definition) is 0. The van der Waals surface area contributed by atoms with E-state index in [0.29, 0.717) is 60.7 Å². The molecule has 0 spiro atoms. The summed E-state index contributed by atoms with van der Waals surface area (Å²) in [5.41, 5.74) is 1.42. The number of hydrogen-bond acceptors (Lipinski definition) is 6. The highest BCUT2D eigenvalue weighted by atomic mass is 16.5. The number of carbonyl (C=O) groups excluding carboxylic acids is 2. The summed E-state index contributed by atoms with van der Waals surface area (Å²) in [4.78, 5) is 23.7. The molecule has 0 aliphatic heterocycles. The Morgan fingerprint density at radius 3 is 1.95 bits per heavy atom. The zero-order chi connectivity index (χ0) is 30.4. The molecule has 6 heteroatoms. The van der Waals surface area contributed by atoms with Gasteiger partial charge < -0.3 is 18.9 Å². The topological polar surface area (TPSA) is 71.1 Å². The summed E-state index contributed by atoms with van der Waals surface area (Å²) in [6.07, 6.45) is 11.4. The molecule has 0 amide bonds. The summed E-state index contributed by atoms with van der Waals surface area (Å²) >= 11 is 0. The fraction of sp³-hybridized carbons (Fsp3) is 0.829. The molecule has 3 rings (SSSR count). The number of carbonyl (C=O) groups is 2. The molecule has 3 aliphatic carbocycles. The van der Waals surface area contributed by atoms with Crippen LogP contribution in [0.25, 0.3) is 0 Å². The molecule has 0 bridgehead atoms. The molecule has 234 valence electrons. The van der Waals surface area contributed by atoms with E-state index >= 15 is 0 Å². The van der Waals surface area contributed by atoms with Crippen LogP contribution in [0.5, 0.6) is 0 Å². The molecule has 6 nitrogen and oxygen atoms in total. The Hall–Kier alpha value is -1.66. The third-order valence-corrected chi connectivity index (χ3v) is 10.1. The van der Waals surface area contributed by atoms with E-state index in [1.54, 1.807) is 13.8 Å². The minimum absolute atomic E-state index is 0.142. The summed E-state index contributed by atoms with van der Waals surface area (Å²) in [6.45, 7) is 24.1. The van der Waals surface area contributed by atoms with Gasteiger partial charge in [-0.25, -0.2) is 9.59 Å². The van der Waals surface area contributed by atoms with E-state index in [4.69, 9.17) is 18.9 Å². The van der Waals surface area contributed by atoms with E-state index in [0.717, 1.165) is 12.8 Å². The van der Waals surface area contributed by atoms with Gasteiger partial charge in [0.25, 0.3) is 0 Å². The first kappa shape index (κ1) is 33.8. The van der Waals surface area contributed by atoms with E-state index in [-0.39, 0.29) is 41.4 Å². The predicted octanol–water partition coefficient (Wildman–Crippen LogP) is 7.70. The van der Waals surface area contributed by atoms with Crippen molar-refractivity contribution in [2.75, 3.05) is 26.4 Å². The first-order valence-corrected chi connectivity index (χ1v) is 16.2. The highest BCUT2D eigenvalue weighted by Crippen LogP contribution is 2.69. The number of esters is 2. The van der Waals surface area contributed by atoms with E-state index < -0.39 is 0 Å². The second-order valence-corrected chi connectivity index (χ2v) is 14.6. The van der Waals surface area contributed by atoms with Gasteiger partial charge in [0.1, 0.15) is 0 Å². The maximum absolute atomic E-state index is 11.9. The van der Waals surface area contributed by atoms with Gasteiger partial charge in [0, 0.05) is 23.0 Å². The van der Waals surface area contributed by atoms with Crippen LogP contribution in [0.4, 0.5) is 0 Å². The zero-order valence-electron chi connectivity index (χ0n) is 27.1. The van der Waals surface area contributed by atoms with Crippen LogP contribution >= 0.6 is 0 Å². The molecule has 41 heavy (non-hydrogen) atoms. The van der Waals surface area contributed by atoms with Crippen molar-refractivity contribution in [1.82, 2.24) is 0 Å². The van der Waals surface area contributed by atoms with Gasteiger partial charge in [-0.05, 0) is 81.0 Å². The molecule has 9 atom stereocenters. The van der Waals surface area contributed by atoms with Crippen LogP contribution in [0.3, 0.4) is 0 Å². The molecule has 0 aromatic heterocycles. The predicted molar refractivity (Wildman–Crippen MR) is 163 cm³/mol. The van der Waals surface area contributed by atoms with Crippen molar-refractivity contribution in [2.45, 2.75) is 118 Å². The highest BCUT2D eigenvalue weighted by molar-refractivity contribution is 5.87. The van der Waals surface area contributed by atoms with Crippen LogP contribution in [-0.2, 0) is 28.5 Å². The number of fused-ring (bicyclic) bond motifs is 1. The minimum Gasteiger partial charge on any atom is -0.462 e. The molecule has 0 aromatic rings. The zero-order valence-corrected chi connectivity index (χ0v) is 27.1. The molecule has 9 unspecified atom stereocenters. The van der Waals surface area contributed by atoms with Crippen LogP contribution < -0.4 is 0 Å². The van der Waals surface area contributed by atoms with Gasteiger partial charge in [-0.2, -0.15) is 0 Å². The van der Waals surface area contributed by atoms with Crippen molar-refractivity contribution < 1.29 is 28.5 Å². The Balaban J connectivity index is 1.62.